The lowest BCUT2D eigenvalue weighted by molar-refractivity contribution is -0.162. The third-order valence-electron chi connectivity index (χ3n) is 2.84. The molecule has 1 aromatic carbocycles. The molecule has 0 fully saturated rings. The van der Waals surface area contributed by atoms with Gasteiger partial charge in [0.1, 0.15) is 5.60 Å². The first-order chi connectivity index (χ1) is 9.49. The van der Waals surface area contributed by atoms with Crippen LogP contribution < -0.4 is 0 Å². The zero-order chi connectivity index (χ0) is 16.3. The predicted octanol–water partition coefficient (Wildman–Crippen LogP) is 4.56. The summed E-state index contributed by atoms with van der Waals surface area (Å²) in [6.07, 6.45) is -0.257. The van der Waals surface area contributed by atoms with E-state index in [1.54, 1.807) is 0 Å². The van der Waals surface area contributed by atoms with Gasteiger partial charge in [0.15, 0.2) is 8.32 Å². The average molecular weight is 308 g/mol. The van der Waals surface area contributed by atoms with Gasteiger partial charge in [-0.25, -0.2) is 0 Å². The van der Waals surface area contributed by atoms with E-state index in [0.717, 1.165) is 5.56 Å². The molecule has 4 heteroatoms. The van der Waals surface area contributed by atoms with E-state index in [2.05, 4.69) is 19.6 Å². The molecule has 0 bridgehead atoms. The van der Waals surface area contributed by atoms with Crippen LogP contribution in [-0.4, -0.2) is 19.9 Å². The molecule has 0 aromatic heterocycles. The van der Waals surface area contributed by atoms with Crippen LogP contribution in [0.25, 0.3) is 0 Å². The fourth-order valence-corrected chi connectivity index (χ4v) is 3.10. The van der Waals surface area contributed by atoms with Gasteiger partial charge in [-0.2, -0.15) is 0 Å². The number of hydrogen-bond acceptors (Lipinski definition) is 3. The number of carbonyl (C=O) groups excluding carboxylic acids is 1. The Labute approximate surface area is 129 Å². The lowest BCUT2D eigenvalue weighted by Gasteiger charge is -2.32. The van der Waals surface area contributed by atoms with Crippen LogP contribution in [0.1, 0.15) is 39.4 Å². The fourth-order valence-electron chi connectivity index (χ4n) is 2.00. The third-order valence-corrected chi connectivity index (χ3v) is 3.80. The smallest absolute Gasteiger partial charge is 0.312 e. The molecule has 0 heterocycles. The van der Waals surface area contributed by atoms with Gasteiger partial charge in [0, 0.05) is 0 Å². The van der Waals surface area contributed by atoms with E-state index in [0.29, 0.717) is 0 Å². The molecule has 2 atom stereocenters. The molecule has 0 saturated heterocycles. The molecule has 21 heavy (non-hydrogen) atoms. The van der Waals surface area contributed by atoms with Crippen molar-refractivity contribution < 1.29 is 14.0 Å². The molecule has 0 spiro atoms. The maximum Gasteiger partial charge on any atom is 0.312 e. The monoisotopic (exact) mass is 308 g/mol. The van der Waals surface area contributed by atoms with E-state index in [1.165, 1.54) is 0 Å². The van der Waals surface area contributed by atoms with E-state index < -0.39 is 13.9 Å². The molecule has 3 nitrogen and oxygen atoms in total. The Bertz CT molecular complexity index is 457. The highest BCUT2D eigenvalue weighted by Gasteiger charge is 2.33. The van der Waals surface area contributed by atoms with Gasteiger partial charge in [-0.15, -0.1) is 0 Å². The summed E-state index contributed by atoms with van der Waals surface area (Å²) in [6, 6.07) is 9.92. The standard InChI is InChI=1S/C17H28O3Si/c1-13(16(18)19-17(2,3)4)15(20-21(5,6)7)14-11-9-8-10-12-14/h8-13,15H,1-7H3. The van der Waals surface area contributed by atoms with Crippen molar-refractivity contribution in [3.63, 3.8) is 0 Å². The van der Waals surface area contributed by atoms with Gasteiger partial charge in [0.25, 0.3) is 0 Å². The van der Waals surface area contributed by atoms with Crippen molar-refractivity contribution in [2.45, 2.75) is 59.0 Å². The topological polar surface area (TPSA) is 35.5 Å². The molecule has 0 radical (unpaired) electrons. The molecular formula is C17H28O3Si. The van der Waals surface area contributed by atoms with Crippen LogP contribution in [0.4, 0.5) is 0 Å². The van der Waals surface area contributed by atoms with E-state index in [1.807, 2.05) is 58.0 Å². The fraction of sp³-hybridized carbons (Fsp3) is 0.588. The van der Waals surface area contributed by atoms with Gasteiger partial charge < -0.3 is 9.16 Å². The first-order valence-corrected chi connectivity index (χ1v) is 10.9. The number of ether oxygens (including phenoxy) is 1. The molecule has 0 aliphatic carbocycles. The molecule has 0 aliphatic rings. The van der Waals surface area contributed by atoms with Gasteiger partial charge >= 0.3 is 5.97 Å². The Morgan fingerprint density at radius 3 is 2.05 bits per heavy atom. The number of carbonyl (C=O) groups is 1. The summed E-state index contributed by atoms with van der Waals surface area (Å²) in [5, 5.41) is 0. The minimum atomic E-state index is -1.78. The van der Waals surface area contributed by atoms with Crippen LogP contribution in [0.2, 0.25) is 19.6 Å². The summed E-state index contributed by atoms with van der Waals surface area (Å²) in [7, 11) is -1.78. The number of benzene rings is 1. The van der Waals surface area contributed by atoms with Crippen molar-refractivity contribution in [1.82, 2.24) is 0 Å². The molecular weight excluding hydrogens is 280 g/mol. The molecule has 0 N–H and O–H groups in total. The van der Waals surface area contributed by atoms with Gasteiger partial charge in [0.2, 0.25) is 0 Å². The highest BCUT2D eigenvalue weighted by atomic mass is 28.4. The zero-order valence-corrected chi connectivity index (χ0v) is 15.3. The first-order valence-electron chi connectivity index (χ1n) is 7.45. The van der Waals surface area contributed by atoms with E-state index in [4.69, 9.17) is 9.16 Å². The van der Waals surface area contributed by atoms with E-state index in [9.17, 15) is 4.79 Å². The highest BCUT2D eigenvalue weighted by molar-refractivity contribution is 6.69. The van der Waals surface area contributed by atoms with E-state index >= 15 is 0 Å². The van der Waals surface area contributed by atoms with Crippen LogP contribution in [0, 0.1) is 5.92 Å². The van der Waals surface area contributed by atoms with Crippen molar-refractivity contribution in [2.24, 2.45) is 5.92 Å². The molecule has 0 saturated carbocycles. The summed E-state index contributed by atoms with van der Waals surface area (Å²) < 4.78 is 11.8. The minimum Gasteiger partial charge on any atom is -0.460 e. The summed E-state index contributed by atoms with van der Waals surface area (Å²) in [5.74, 6) is -0.548. The van der Waals surface area contributed by atoms with Gasteiger partial charge in [-0.1, -0.05) is 30.3 Å². The van der Waals surface area contributed by atoms with E-state index in [-0.39, 0.29) is 18.0 Å². The summed E-state index contributed by atoms with van der Waals surface area (Å²) in [6.45, 7) is 13.9. The maximum atomic E-state index is 12.4. The van der Waals surface area contributed by atoms with Gasteiger partial charge in [0.05, 0.1) is 12.0 Å². The Morgan fingerprint density at radius 1 is 1.10 bits per heavy atom. The number of rotatable bonds is 5. The largest absolute Gasteiger partial charge is 0.460 e. The molecule has 2 unspecified atom stereocenters. The Balaban J connectivity index is 2.99. The van der Waals surface area contributed by atoms with Gasteiger partial charge in [-0.3, -0.25) is 4.79 Å². The maximum absolute atomic E-state index is 12.4. The molecule has 1 aromatic rings. The van der Waals surface area contributed by atoms with Crippen molar-refractivity contribution in [1.29, 1.82) is 0 Å². The minimum absolute atomic E-state index is 0.213. The normalized spacial score (nSPS) is 15.4. The van der Waals surface area contributed by atoms with Crippen LogP contribution in [0.15, 0.2) is 30.3 Å². The Morgan fingerprint density at radius 2 is 1.62 bits per heavy atom. The Hall–Kier alpha value is -1.13. The molecule has 0 amide bonds. The van der Waals surface area contributed by atoms with Crippen LogP contribution in [0.3, 0.4) is 0 Å². The van der Waals surface area contributed by atoms with Crippen molar-refractivity contribution >= 4 is 14.3 Å². The second-order valence-electron chi connectivity index (χ2n) is 7.38. The third kappa shape index (κ3) is 6.44. The van der Waals surface area contributed by atoms with Crippen LogP contribution >= 0.6 is 0 Å². The Kier molecular flexibility index (Phi) is 5.76. The first kappa shape index (κ1) is 17.9. The SMILES string of the molecule is CC(C(=O)OC(C)(C)C)C(O[Si](C)(C)C)c1ccccc1. The summed E-state index contributed by atoms with van der Waals surface area (Å²) in [5.41, 5.74) is 0.546. The quantitative estimate of drug-likeness (QED) is 0.591. The summed E-state index contributed by atoms with van der Waals surface area (Å²) in [4.78, 5) is 12.4. The lowest BCUT2D eigenvalue weighted by Crippen LogP contribution is -2.36. The second kappa shape index (κ2) is 6.75. The number of hydrogen-bond donors (Lipinski definition) is 0. The average Bonchev–Trinajstić information content (AvgIpc) is 2.33. The van der Waals surface area contributed by atoms with Crippen LogP contribution in [-0.2, 0) is 14.0 Å². The van der Waals surface area contributed by atoms with Crippen molar-refractivity contribution in [3.05, 3.63) is 35.9 Å². The molecule has 0 aliphatic heterocycles. The lowest BCUT2D eigenvalue weighted by atomic mass is 9.97. The highest BCUT2D eigenvalue weighted by Crippen LogP contribution is 2.31. The van der Waals surface area contributed by atoms with Gasteiger partial charge in [-0.05, 0) is 52.9 Å². The summed E-state index contributed by atoms with van der Waals surface area (Å²) >= 11 is 0. The predicted molar refractivity (Wildman–Crippen MR) is 88.6 cm³/mol. The zero-order valence-electron chi connectivity index (χ0n) is 14.3. The van der Waals surface area contributed by atoms with Crippen molar-refractivity contribution in [2.75, 3.05) is 0 Å². The second-order valence-corrected chi connectivity index (χ2v) is 11.8. The molecule has 1 rings (SSSR count). The van der Waals surface area contributed by atoms with Crippen LogP contribution in [0.5, 0.6) is 0 Å². The van der Waals surface area contributed by atoms with Crippen molar-refractivity contribution in [3.8, 4) is 0 Å². The number of esters is 1. The molecule has 118 valence electrons.